The SMILES string of the molecule is CN=C(NCCCc1nn(-c2ccc(C)cc2)c(N)c1C#N)NCC1CCCS1. The molecule has 1 aliphatic rings. The summed E-state index contributed by atoms with van der Waals surface area (Å²) in [5.41, 5.74) is 9.42. The number of guanidine groups is 1. The van der Waals surface area contributed by atoms with Crippen LogP contribution in [0.25, 0.3) is 5.69 Å². The van der Waals surface area contributed by atoms with E-state index in [9.17, 15) is 5.26 Å². The predicted octanol–water partition coefficient (Wildman–Crippen LogP) is 2.63. The second-order valence-electron chi connectivity index (χ2n) is 7.18. The van der Waals surface area contributed by atoms with E-state index in [-0.39, 0.29) is 0 Å². The van der Waals surface area contributed by atoms with Crippen LogP contribution in [0, 0.1) is 18.3 Å². The number of nitrogens with one attached hydrogen (secondary N) is 2. The van der Waals surface area contributed by atoms with Crippen LogP contribution in [0.3, 0.4) is 0 Å². The number of aryl methyl sites for hydroxylation is 2. The molecule has 1 atom stereocenters. The van der Waals surface area contributed by atoms with Crippen molar-refractivity contribution in [3.05, 3.63) is 41.1 Å². The van der Waals surface area contributed by atoms with Gasteiger partial charge in [-0.15, -0.1) is 0 Å². The van der Waals surface area contributed by atoms with Crippen LogP contribution in [0.2, 0.25) is 0 Å². The molecule has 0 saturated carbocycles. The average Bonchev–Trinajstić information content (AvgIpc) is 3.36. The first kappa shape index (κ1) is 21.1. The molecule has 154 valence electrons. The van der Waals surface area contributed by atoms with Gasteiger partial charge in [0.1, 0.15) is 17.5 Å². The lowest BCUT2D eigenvalue weighted by Crippen LogP contribution is -2.40. The third-order valence-corrected chi connectivity index (χ3v) is 6.41. The molecule has 1 aromatic carbocycles. The fourth-order valence-electron chi connectivity index (χ4n) is 3.36. The largest absolute Gasteiger partial charge is 0.382 e. The Morgan fingerprint density at radius 1 is 1.38 bits per heavy atom. The molecule has 4 N–H and O–H groups in total. The number of hydrogen-bond acceptors (Lipinski definition) is 5. The highest BCUT2D eigenvalue weighted by molar-refractivity contribution is 8.00. The Labute approximate surface area is 176 Å². The van der Waals surface area contributed by atoms with Gasteiger partial charge in [-0.25, -0.2) is 4.68 Å². The lowest BCUT2D eigenvalue weighted by atomic mass is 10.1. The van der Waals surface area contributed by atoms with Crippen LogP contribution in [0.15, 0.2) is 29.3 Å². The summed E-state index contributed by atoms with van der Waals surface area (Å²) in [6, 6.07) is 10.2. The number of anilines is 1. The van der Waals surface area contributed by atoms with Crippen LogP contribution in [-0.2, 0) is 6.42 Å². The van der Waals surface area contributed by atoms with Crippen molar-refractivity contribution in [3.63, 3.8) is 0 Å². The number of nitrogens with zero attached hydrogens (tertiary/aromatic N) is 4. The van der Waals surface area contributed by atoms with Crippen molar-refractivity contribution >= 4 is 23.5 Å². The predicted molar refractivity (Wildman–Crippen MR) is 121 cm³/mol. The van der Waals surface area contributed by atoms with Crippen LogP contribution < -0.4 is 16.4 Å². The maximum Gasteiger partial charge on any atom is 0.191 e. The smallest absolute Gasteiger partial charge is 0.191 e. The Kier molecular flexibility index (Phi) is 7.42. The van der Waals surface area contributed by atoms with Crippen molar-refractivity contribution < 1.29 is 0 Å². The molecule has 29 heavy (non-hydrogen) atoms. The number of rotatable bonds is 7. The highest BCUT2D eigenvalue weighted by Gasteiger charge is 2.17. The van der Waals surface area contributed by atoms with Gasteiger partial charge in [-0.1, -0.05) is 17.7 Å². The summed E-state index contributed by atoms with van der Waals surface area (Å²) >= 11 is 2.03. The molecule has 1 aromatic heterocycles. The lowest BCUT2D eigenvalue weighted by molar-refractivity contribution is 0.702. The maximum atomic E-state index is 9.53. The van der Waals surface area contributed by atoms with Gasteiger partial charge < -0.3 is 16.4 Å². The lowest BCUT2D eigenvalue weighted by Gasteiger charge is -2.14. The highest BCUT2D eigenvalue weighted by Crippen LogP contribution is 2.25. The molecule has 1 fully saturated rings. The van der Waals surface area contributed by atoms with E-state index >= 15 is 0 Å². The molecule has 0 bridgehead atoms. The zero-order chi connectivity index (χ0) is 20.6. The average molecular weight is 412 g/mol. The van der Waals surface area contributed by atoms with Crippen LogP contribution in [0.5, 0.6) is 0 Å². The van der Waals surface area contributed by atoms with Gasteiger partial charge in [0, 0.05) is 25.4 Å². The molecule has 0 amide bonds. The number of nitriles is 1. The Balaban J connectivity index is 1.54. The number of aliphatic imine (C=N–C) groups is 1. The van der Waals surface area contributed by atoms with Gasteiger partial charge in [0.25, 0.3) is 0 Å². The molecule has 0 radical (unpaired) electrons. The van der Waals surface area contributed by atoms with Crippen molar-refractivity contribution in [3.8, 4) is 11.8 Å². The Hall–Kier alpha value is -2.66. The molecule has 1 saturated heterocycles. The summed E-state index contributed by atoms with van der Waals surface area (Å²) < 4.78 is 1.65. The normalized spacial score (nSPS) is 16.6. The maximum absolute atomic E-state index is 9.53. The van der Waals surface area contributed by atoms with Crippen LogP contribution in [0.1, 0.15) is 36.1 Å². The molecule has 7 nitrogen and oxygen atoms in total. The van der Waals surface area contributed by atoms with Gasteiger partial charge in [-0.05, 0) is 50.5 Å². The second kappa shape index (κ2) is 10.2. The third kappa shape index (κ3) is 5.45. The fraction of sp³-hybridized carbons (Fsp3) is 0.476. The van der Waals surface area contributed by atoms with Crippen LogP contribution in [0.4, 0.5) is 5.82 Å². The van der Waals surface area contributed by atoms with E-state index in [1.54, 1.807) is 11.7 Å². The summed E-state index contributed by atoms with van der Waals surface area (Å²) in [6.07, 6.45) is 4.09. The summed E-state index contributed by atoms with van der Waals surface area (Å²) in [7, 11) is 1.79. The monoisotopic (exact) mass is 411 g/mol. The van der Waals surface area contributed by atoms with Gasteiger partial charge >= 0.3 is 0 Å². The van der Waals surface area contributed by atoms with Crippen LogP contribution in [-0.4, -0.2) is 46.9 Å². The van der Waals surface area contributed by atoms with E-state index in [1.807, 2.05) is 43.0 Å². The molecule has 2 aromatic rings. The van der Waals surface area contributed by atoms with E-state index in [4.69, 9.17) is 5.73 Å². The van der Waals surface area contributed by atoms with Crippen molar-refractivity contribution in [1.29, 1.82) is 5.26 Å². The van der Waals surface area contributed by atoms with Gasteiger partial charge in [-0.2, -0.15) is 22.1 Å². The van der Waals surface area contributed by atoms with Crippen molar-refractivity contribution in [2.75, 3.05) is 31.6 Å². The van der Waals surface area contributed by atoms with Gasteiger partial charge in [0.15, 0.2) is 5.96 Å². The Morgan fingerprint density at radius 3 is 2.83 bits per heavy atom. The van der Waals surface area contributed by atoms with Gasteiger partial charge in [-0.3, -0.25) is 4.99 Å². The number of thioether (sulfide) groups is 1. The minimum atomic E-state index is 0.394. The third-order valence-electron chi connectivity index (χ3n) is 5.01. The van der Waals surface area contributed by atoms with Gasteiger partial charge in [0.2, 0.25) is 0 Å². The standard InChI is InChI=1S/C21H29N7S/c1-15-7-9-16(10-8-15)28-20(23)18(13-22)19(27-28)6-3-11-25-21(24-2)26-14-17-5-4-12-29-17/h7-10,17H,3-6,11-12,14,23H2,1-2H3,(H2,24,25,26). The zero-order valence-electron chi connectivity index (χ0n) is 17.1. The topological polar surface area (TPSA) is 104 Å². The fourth-order valence-corrected chi connectivity index (χ4v) is 4.56. The summed E-state index contributed by atoms with van der Waals surface area (Å²) in [4.78, 5) is 4.29. The number of hydrogen-bond donors (Lipinski definition) is 3. The van der Waals surface area contributed by atoms with Crippen molar-refractivity contribution in [2.24, 2.45) is 4.99 Å². The van der Waals surface area contributed by atoms with Crippen molar-refractivity contribution in [2.45, 2.75) is 37.9 Å². The Bertz CT molecular complexity index is 874. The van der Waals surface area contributed by atoms with E-state index in [1.165, 1.54) is 24.2 Å². The first-order valence-electron chi connectivity index (χ1n) is 10.0. The molecule has 0 aliphatic carbocycles. The van der Waals surface area contributed by atoms with Crippen LogP contribution >= 0.6 is 11.8 Å². The Morgan fingerprint density at radius 2 is 2.17 bits per heavy atom. The number of benzene rings is 1. The minimum Gasteiger partial charge on any atom is -0.382 e. The van der Waals surface area contributed by atoms with E-state index in [0.717, 1.165) is 36.9 Å². The first-order valence-corrected chi connectivity index (χ1v) is 11.1. The quantitative estimate of drug-likeness (QED) is 0.368. The van der Waals surface area contributed by atoms with E-state index in [0.29, 0.717) is 23.1 Å². The second-order valence-corrected chi connectivity index (χ2v) is 8.59. The zero-order valence-corrected chi connectivity index (χ0v) is 17.9. The summed E-state index contributed by atoms with van der Waals surface area (Å²) in [5.74, 6) is 2.48. The van der Waals surface area contributed by atoms with Gasteiger partial charge in [0.05, 0.1) is 11.4 Å². The molecule has 1 unspecified atom stereocenters. The molecule has 0 spiro atoms. The summed E-state index contributed by atoms with van der Waals surface area (Å²) in [5, 5.41) is 21.5. The molecule has 1 aliphatic heterocycles. The number of aromatic nitrogens is 2. The van der Waals surface area contributed by atoms with Crippen molar-refractivity contribution in [1.82, 2.24) is 20.4 Å². The first-order chi connectivity index (χ1) is 14.1. The molecular weight excluding hydrogens is 382 g/mol. The van der Waals surface area contributed by atoms with E-state index < -0.39 is 0 Å². The molecule has 8 heteroatoms. The highest BCUT2D eigenvalue weighted by atomic mass is 32.2. The minimum absolute atomic E-state index is 0.394. The molecule has 2 heterocycles. The summed E-state index contributed by atoms with van der Waals surface area (Å²) in [6.45, 7) is 3.73. The molecular formula is C21H29N7S. The molecule has 3 rings (SSSR count). The number of nitrogens with two attached hydrogens (primary N) is 1. The number of nitrogen functional groups attached to an aromatic ring is 1. The van der Waals surface area contributed by atoms with E-state index in [2.05, 4.69) is 26.8 Å².